The standard InChI is InChI=1S/C15H14O8S.C14H12O2.C13H10N2O4S/c1-22-8-3-4-9(11(16)5-8)15(18)10-6-14(24(19,20)21)13(23-2)7-12(10)17;1-16-13-9-7-12(8-10-13)14(15)11-5-3-2-4-6-11;16-13(9-4-2-1-3-5-9)14-11-7-6-10(20(17,18)19)8-12(11)15-13/h3-7,16-17H,1-2H3,(H,19,20,21);2-10H,1H3;1-8,16H,(H,17,18,19). The summed E-state index contributed by atoms with van der Waals surface area (Å²) in [5, 5.41) is 30.9. The number of carbonyl (C=O) groups excluding carboxylic acids is 2. The van der Waals surface area contributed by atoms with Crippen molar-refractivity contribution in [3.8, 4) is 28.7 Å². The lowest BCUT2D eigenvalue weighted by atomic mass is 10.0. The van der Waals surface area contributed by atoms with Gasteiger partial charge in [-0.1, -0.05) is 60.7 Å². The Balaban J connectivity index is 0.000000174. The van der Waals surface area contributed by atoms with E-state index in [1.807, 2.05) is 30.3 Å². The minimum Gasteiger partial charge on any atom is -0.507 e. The van der Waals surface area contributed by atoms with E-state index in [1.165, 1.54) is 43.5 Å². The van der Waals surface area contributed by atoms with Crippen LogP contribution in [-0.2, 0) is 26.1 Å². The third kappa shape index (κ3) is 10.4. The topological polar surface area (TPSA) is 256 Å². The number of nitrogens with zero attached hydrogens (tertiary/aromatic N) is 2. The number of aromatic hydroxyl groups is 2. The second-order valence-corrected chi connectivity index (χ2v) is 15.3. The summed E-state index contributed by atoms with van der Waals surface area (Å²) in [6.45, 7) is 0. The maximum atomic E-state index is 12.5. The van der Waals surface area contributed by atoms with Gasteiger partial charge in [0.05, 0.1) is 48.1 Å². The van der Waals surface area contributed by atoms with Crippen molar-refractivity contribution in [3.05, 3.63) is 172 Å². The highest BCUT2D eigenvalue weighted by molar-refractivity contribution is 7.86. The van der Waals surface area contributed by atoms with E-state index in [1.54, 1.807) is 61.7 Å². The van der Waals surface area contributed by atoms with Crippen LogP contribution in [0.3, 0.4) is 0 Å². The van der Waals surface area contributed by atoms with Gasteiger partial charge in [-0.25, -0.2) is 9.98 Å². The highest BCUT2D eigenvalue weighted by Gasteiger charge is 2.31. The maximum Gasteiger partial charge on any atom is 0.298 e. The molecular formula is C42H36N2O14S2. The Morgan fingerprint density at radius 1 is 0.550 bits per heavy atom. The average molecular weight is 857 g/mol. The molecule has 1 aliphatic rings. The van der Waals surface area contributed by atoms with E-state index in [0.29, 0.717) is 27.8 Å². The minimum atomic E-state index is -4.69. The second-order valence-electron chi connectivity index (χ2n) is 12.5. The van der Waals surface area contributed by atoms with E-state index in [4.69, 9.17) is 18.8 Å². The van der Waals surface area contributed by atoms with Crippen molar-refractivity contribution in [2.75, 3.05) is 21.3 Å². The zero-order valence-corrected chi connectivity index (χ0v) is 33.5. The predicted molar refractivity (Wildman–Crippen MR) is 214 cm³/mol. The molecule has 1 unspecified atom stereocenters. The molecule has 0 aliphatic carbocycles. The molecule has 310 valence electrons. The molecule has 0 saturated carbocycles. The van der Waals surface area contributed by atoms with Crippen LogP contribution in [-0.4, -0.2) is 74.2 Å². The first-order valence-corrected chi connectivity index (χ1v) is 20.2. The average Bonchev–Trinajstić information content (AvgIpc) is 3.60. The molecule has 5 N–H and O–H groups in total. The Hall–Kier alpha value is -6.96. The van der Waals surface area contributed by atoms with E-state index in [9.17, 15) is 46.3 Å². The highest BCUT2D eigenvalue weighted by Crippen LogP contribution is 2.35. The lowest BCUT2D eigenvalue weighted by molar-refractivity contribution is 0.0546. The summed E-state index contributed by atoms with van der Waals surface area (Å²) in [7, 11) is -4.88. The van der Waals surface area contributed by atoms with Crippen LogP contribution in [0.25, 0.3) is 0 Å². The highest BCUT2D eigenvalue weighted by atomic mass is 32.2. The summed E-state index contributed by atoms with van der Waals surface area (Å²) in [6.07, 6.45) is 0. The first-order chi connectivity index (χ1) is 28.4. The number of methoxy groups -OCH3 is 3. The third-order valence-electron chi connectivity index (χ3n) is 8.60. The monoisotopic (exact) mass is 856 g/mol. The molecule has 1 aliphatic heterocycles. The Bertz CT molecular complexity index is 2890. The van der Waals surface area contributed by atoms with Crippen LogP contribution in [0.5, 0.6) is 28.7 Å². The Morgan fingerprint density at radius 3 is 1.65 bits per heavy atom. The summed E-state index contributed by atoms with van der Waals surface area (Å²) in [5.41, 5.74) is 1.24. The SMILES string of the molecule is COc1ccc(C(=O)c2cc(S(=O)(=O)O)c(OC)cc2O)c(O)c1.COc1ccc(C(=O)c2ccccc2)cc1.O=S(=O)(O)c1ccc2c(c1)=NC(O)(c1ccccc1)N=2. The van der Waals surface area contributed by atoms with Crippen LogP contribution in [0.15, 0.2) is 153 Å². The molecular weight excluding hydrogens is 821 g/mol. The summed E-state index contributed by atoms with van der Waals surface area (Å²) < 4.78 is 77.9. The zero-order chi connectivity index (χ0) is 43.8. The Labute approximate surface area is 343 Å². The van der Waals surface area contributed by atoms with Gasteiger partial charge in [0.15, 0.2) is 5.78 Å². The Kier molecular flexibility index (Phi) is 13.5. The van der Waals surface area contributed by atoms with Crippen LogP contribution in [0, 0.1) is 0 Å². The molecule has 0 saturated heterocycles. The van der Waals surface area contributed by atoms with Crippen LogP contribution >= 0.6 is 0 Å². The number of hydrogen-bond acceptors (Lipinski definition) is 14. The van der Waals surface area contributed by atoms with Gasteiger partial charge >= 0.3 is 0 Å². The number of phenols is 2. The van der Waals surface area contributed by atoms with E-state index >= 15 is 0 Å². The molecule has 0 fully saturated rings. The first-order valence-electron chi connectivity index (χ1n) is 17.3. The molecule has 1 heterocycles. The summed E-state index contributed by atoms with van der Waals surface area (Å²) >= 11 is 0. The number of ketones is 2. The van der Waals surface area contributed by atoms with Gasteiger partial charge in [0.1, 0.15) is 33.6 Å². The van der Waals surface area contributed by atoms with Crippen molar-refractivity contribution in [2.45, 2.75) is 15.6 Å². The van der Waals surface area contributed by atoms with E-state index in [-0.39, 0.29) is 27.3 Å². The van der Waals surface area contributed by atoms with Gasteiger partial charge in [0.2, 0.25) is 5.78 Å². The molecule has 60 heavy (non-hydrogen) atoms. The van der Waals surface area contributed by atoms with Crippen molar-refractivity contribution in [3.63, 3.8) is 0 Å². The van der Waals surface area contributed by atoms with Gasteiger partial charge in [-0.05, 0) is 60.7 Å². The van der Waals surface area contributed by atoms with Gasteiger partial charge in [0.25, 0.3) is 26.1 Å². The second kappa shape index (κ2) is 18.3. The molecule has 6 aromatic rings. The number of fused-ring (bicyclic) bond motifs is 1. The van der Waals surface area contributed by atoms with Crippen LogP contribution in [0.2, 0.25) is 0 Å². The first kappa shape index (κ1) is 44.1. The molecule has 0 spiro atoms. The van der Waals surface area contributed by atoms with E-state index in [0.717, 1.165) is 25.0 Å². The molecule has 7 rings (SSSR count). The van der Waals surface area contributed by atoms with Crippen LogP contribution < -0.4 is 24.9 Å². The number of carbonyl (C=O) groups is 2. The predicted octanol–water partition coefficient (Wildman–Crippen LogP) is 4.51. The zero-order valence-electron chi connectivity index (χ0n) is 31.8. The largest absolute Gasteiger partial charge is 0.507 e. The lowest BCUT2D eigenvalue weighted by Crippen LogP contribution is -2.22. The van der Waals surface area contributed by atoms with Gasteiger partial charge < -0.3 is 29.5 Å². The van der Waals surface area contributed by atoms with Crippen LogP contribution in [0.4, 0.5) is 0 Å². The van der Waals surface area contributed by atoms with Crippen molar-refractivity contribution >= 4 is 31.8 Å². The van der Waals surface area contributed by atoms with Gasteiger partial charge in [0, 0.05) is 28.8 Å². The number of hydrogen-bond donors (Lipinski definition) is 5. The van der Waals surface area contributed by atoms with Crippen molar-refractivity contribution < 1.29 is 65.1 Å². The third-order valence-corrected chi connectivity index (χ3v) is 10.3. The van der Waals surface area contributed by atoms with E-state index in [2.05, 4.69) is 9.98 Å². The number of phenolic OH excluding ortho intramolecular Hbond substituents is 2. The summed E-state index contributed by atoms with van der Waals surface area (Å²) in [6, 6.07) is 34.3. The summed E-state index contributed by atoms with van der Waals surface area (Å²) in [5.74, 6) is -2.83. The van der Waals surface area contributed by atoms with Gasteiger partial charge in [-0.15, -0.1) is 0 Å². The normalized spacial score (nSPS) is 14.0. The molecule has 0 aromatic heterocycles. The molecule has 16 nitrogen and oxygen atoms in total. The fourth-order valence-electron chi connectivity index (χ4n) is 5.57. The maximum absolute atomic E-state index is 12.5. The van der Waals surface area contributed by atoms with Crippen molar-refractivity contribution in [2.24, 2.45) is 9.98 Å². The van der Waals surface area contributed by atoms with Crippen molar-refractivity contribution in [1.82, 2.24) is 0 Å². The van der Waals surface area contributed by atoms with Gasteiger partial charge in [-0.2, -0.15) is 16.8 Å². The smallest absolute Gasteiger partial charge is 0.298 e. The molecule has 0 radical (unpaired) electrons. The molecule has 18 heteroatoms. The molecule has 1 atom stereocenters. The molecule has 6 aromatic carbocycles. The molecule has 0 bridgehead atoms. The minimum absolute atomic E-state index is 0.0308. The fraction of sp³-hybridized carbons (Fsp3) is 0.0952. The number of ether oxygens (including phenoxy) is 3. The van der Waals surface area contributed by atoms with E-state index < -0.39 is 53.8 Å². The number of rotatable bonds is 10. The molecule has 0 amide bonds. The summed E-state index contributed by atoms with van der Waals surface area (Å²) in [4.78, 5) is 31.7. The number of aliphatic hydroxyl groups is 1. The van der Waals surface area contributed by atoms with Crippen LogP contribution in [0.1, 0.15) is 37.4 Å². The number of benzene rings is 6. The fourth-order valence-corrected chi connectivity index (χ4v) is 6.73. The lowest BCUT2D eigenvalue weighted by Gasteiger charge is -2.15. The van der Waals surface area contributed by atoms with Gasteiger partial charge in [-0.3, -0.25) is 18.7 Å². The Morgan fingerprint density at radius 2 is 1.10 bits per heavy atom. The quantitative estimate of drug-likeness (QED) is 0.0939. The van der Waals surface area contributed by atoms with Crippen molar-refractivity contribution in [1.29, 1.82) is 0 Å².